The Labute approximate surface area is 200 Å². The molecule has 0 saturated heterocycles. The van der Waals surface area contributed by atoms with E-state index in [1.807, 2.05) is 0 Å². The Morgan fingerprint density at radius 3 is 2.43 bits per heavy atom. The molecule has 35 heavy (non-hydrogen) atoms. The maximum absolute atomic E-state index is 13.3. The summed E-state index contributed by atoms with van der Waals surface area (Å²) in [5, 5.41) is 13.1. The first-order valence-electron chi connectivity index (χ1n) is 10.6. The molecule has 1 amide bonds. The smallest absolute Gasteiger partial charge is 0.337 e. The number of fused-ring (bicyclic) bond motifs is 1. The summed E-state index contributed by atoms with van der Waals surface area (Å²) in [6.07, 6.45) is 1.54. The number of benzene rings is 2. The molecule has 178 valence electrons. The second-order valence-corrected chi connectivity index (χ2v) is 7.57. The van der Waals surface area contributed by atoms with Gasteiger partial charge < -0.3 is 24.3 Å². The van der Waals surface area contributed by atoms with Gasteiger partial charge in [0, 0.05) is 22.8 Å². The second kappa shape index (κ2) is 10.2. The van der Waals surface area contributed by atoms with Crippen molar-refractivity contribution in [3.8, 4) is 5.75 Å². The van der Waals surface area contributed by atoms with Gasteiger partial charge in [-0.05, 0) is 61.5 Å². The lowest BCUT2D eigenvalue weighted by atomic mass is 10.1. The van der Waals surface area contributed by atoms with E-state index in [0.29, 0.717) is 44.9 Å². The largest absolute Gasteiger partial charge is 0.497 e. The number of carbonyl (C=O) groups excluding carboxylic acids is 2. The van der Waals surface area contributed by atoms with Crippen LogP contribution in [0.3, 0.4) is 0 Å². The molecule has 0 aliphatic carbocycles. The van der Waals surface area contributed by atoms with E-state index in [1.165, 1.54) is 7.11 Å². The topological polar surface area (TPSA) is 123 Å². The van der Waals surface area contributed by atoms with E-state index in [0.717, 1.165) is 0 Å². The molecular formula is C26H23N3O6. The van der Waals surface area contributed by atoms with Crippen LogP contribution >= 0.6 is 0 Å². The molecule has 0 spiro atoms. The normalized spacial score (nSPS) is 11.4. The highest BCUT2D eigenvalue weighted by atomic mass is 16.5. The predicted octanol–water partition coefficient (Wildman–Crippen LogP) is 3.91. The van der Waals surface area contributed by atoms with Crippen LogP contribution < -0.4 is 15.6 Å². The highest BCUT2D eigenvalue weighted by Gasteiger charge is 2.17. The molecule has 2 aromatic carbocycles. The maximum Gasteiger partial charge on any atom is 0.337 e. The van der Waals surface area contributed by atoms with E-state index < -0.39 is 11.9 Å². The molecule has 2 aromatic heterocycles. The van der Waals surface area contributed by atoms with Gasteiger partial charge in [-0.15, -0.1) is 0 Å². The monoisotopic (exact) mass is 473 g/mol. The molecule has 4 rings (SSSR count). The number of rotatable bonds is 6. The van der Waals surface area contributed by atoms with Crippen molar-refractivity contribution in [1.82, 2.24) is 4.98 Å². The van der Waals surface area contributed by atoms with E-state index >= 15 is 0 Å². The van der Waals surface area contributed by atoms with Crippen LogP contribution in [-0.4, -0.2) is 36.2 Å². The molecule has 9 nitrogen and oxygen atoms in total. The van der Waals surface area contributed by atoms with E-state index in [2.05, 4.69) is 15.3 Å². The number of methoxy groups -OCH3 is 2. The fourth-order valence-electron chi connectivity index (χ4n) is 3.44. The number of nitrogens with one attached hydrogen (secondary N) is 1. The highest BCUT2D eigenvalue weighted by Crippen LogP contribution is 2.23. The van der Waals surface area contributed by atoms with Gasteiger partial charge in [-0.25, -0.2) is 9.79 Å². The third kappa shape index (κ3) is 5.04. The Morgan fingerprint density at radius 1 is 1.09 bits per heavy atom. The van der Waals surface area contributed by atoms with Gasteiger partial charge in [0.25, 0.3) is 5.91 Å². The van der Waals surface area contributed by atoms with Crippen molar-refractivity contribution in [2.45, 2.75) is 13.5 Å². The number of anilines is 1. The van der Waals surface area contributed by atoms with Gasteiger partial charge in [0.2, 0.25) is 5.55 Å². The molecule has 0 atom stereocenters. The number of ether oxygens (including phenoxy) is 2. The van der Waals surface area contributed by atoms with Crippen molar-refractivity contribution < 1.29 is 28.6 Å². The number of aryl methyl sites for hydroxylation is 1. The number of hydrogen-bond donors (Lipinski definition) is 2. The third-order valence-electron chi connectivity index (χ3n) is 5.33. The zero-order valence-electron chi connectivity index (χ0n) is 19.4. The summed E-state index contributed by atoms with van der Waals surface area (Å²) in [6.45, 7) is 1.50. The van der Waals surface area contributed by atoms with Crippen LogP contribution in [0.5, 0.6) is 5.75 Å². The van der Waals surface area contributed by atoms with Crippen LogP contribution in [-0.2, 0) is 11.3 Å². The molecule has 0 saturated carbocycles. The Kier molecular flexibility index (Phi) is 6.88. The van der Waals surface area contributed by atoms with Gasteiger partial charge in [0.15, 0.2) is 5.58 Å². The Morgan fingerprint density at radius 2 is 1.80 bits per heavy atom. The van der Waals surface area contributed by atoms with E-state index in [1.54, 1.807) is 74.8 Å². The minimum atomic E-state index is -0.480. The Bertz CT molecular complexity index is 1460. The molecule has 2 N–H and O–H groups in total. The van der Waals surface area contributed by atoms with Gasteiger partial charge in [-0.1, -0.05) is 0 Å². The molecule has 0 aliphatic rings. The van der Waals surface area contributed by atoms with Crippen molar-refractivity contribution in [2.75, 3.05) is 19.5 Å². The lowest BCUT2D eigenvalue weighted by Crippen LogP contribution is -2.22. The van der Waals surface area contributed by atoms with E-state index in [-0.39, 0.29) is 17.7 Å². The molecule has 0 radical (unpaired) electrons. The number of carbonyl (C=O) groups is 2. The van der Waals surface area contributed by atoms with E-state index in [4.69, 9.17) is 13.9 Å². The second-order valence-electron chi connectivity index (χ2n) is 7.57. The average molecular weight is 473 g/mol. The predicted molar refractivity (Wildman–Crippen MR) is 129 cm³/mol. The molecule has 0 bridgehead atoms. The Balaban J connectivity index is 1.82. The van der Waals surface area contributed by atoms with Crippen molar-refractivity contribution in [2.24, 2.45) is 4.99 Å². The fourth-order valence-corrected chi connectivity index (χ4v) is 3.44. The number of esters is 1. The zero-order chi connectivity index (χ0) is 24.9. The maximum atomic E-state index is 13.3. The number of aliphatic hydroxyl groups excluding tert-OH is 1. The molecule has 0 fully saturated rings. The molecule has 0 unspecified atom stereocenters. The van der Waals surface area contributed by atoms with Gasteiger partial charge >= 0.3 is 5.97 Å². The number of hydrogen-bond acceptors (Lipinski definition) is 8. The number of nitrogens with zero attached hydrogens (tertiary/aromatic N) is 2. The third-order valence-corrected chi connectivity index (χ3v) is 5.33. The Hall–Kier alpha value is -4.50. The van der Waals surface area contributed by atoms with Crippen molar-refractivity contribution in [1.29, 1.82) is 0 Å². The minimum Gasteiger partial charge on any atom is -0.497 e. The SMILES string of the molecule is COC(=O)c1ccc(NC(=O)c2cc3c(CO)cnc(C)c3oc2=Nc2ccc(OC)cc2)cc1. The summed E-state index contributed by atoms with van der Waals surface area (Å²) in [5.74, 6) is -0.287. The van der Waals surface area contributed by atoms with Crippen LogP contribution in [0.25, 0.3) is 11.0 Å². The first kappa shape index (κ1) is 23.7. The van der Waals surface area contributed by atoms with Crippen LogP contribution in [0.4, 0.5) is 11.4 Å². The van der Waals surface area contributed by atoms with Crippen LogP contribution in [0, 0.1) is 6.92 Å². The first-order valence-corrected chi connectivity index (χ1v) is 10.6. The summed E-state index contributed by atoms with van der Waals surface area (Å²) in [5.41, 5.74) is 3.13. The van der Waals surface area contributed by atoms with Crippen molar-refractivity contribution in [3.63, 3.8) is 0 Å². The van der Waals surface area contributed by atoms with Crippen LogP contribution in [0.2, 0.25) is 0 Å². The average Bonchev–Trinajstić information content (AvgIpc) is 2.89. The summed E-state index contributed by atoms with van der Waals surface area (Å²) in [6, 6.07) is 14.9. The molecule has 2 heterocycles. The van der Waals surface area contributed by atoms with Crippen LogP contribution in [0.15, 0.2) is 70.2 Å². The summed E-state index contributed by atoms with van der Waals surface area (Å²) >= 11 is 0. The minimum absolute atomic E-state index is 0.0753. The number of aliphatic hydroxyl groups is 1. The molecule has 0 aliphatic heterocycles. The lowest BCUT2D eigenvalue weighted by molar-refractivity contribution is 0.0600. The highest BCUT2D eigenvalue weighted by molar-refractivity contribution is 6.06. The summed E-state index contributed by atoms with van der Waals surface area (Å²) in [4.78, 5) is 33.8. The van der Waals surface area contributed by atoms with Crippen LogP contribution in [0.1, 0.15) is 32.0 Å². The van der Waals surface area contributed by atoms with Crippen molar-refractivity contribution in [3.05, 3.63) is 88.7 Å². The van der Waals surface area contributed by atoms with Gasteiger partial charge in [-0.3, -0.25) is 9.78 Å². The van der Waals surface area contributed by atoms with Crippen molar-refractivity contribution >= 4 is 34.2 Å². The molecule has 9 heteroatoms. The van der Waals surface area contributed by atoms with Gasteiger partial charge in [0.05, 0.1) is 37.8 Å². The standard InChI is InChI=1S/C26H23N3O6/c1-15-23-21(17(14-30)13-27-15)12-22(25(35-23)29-19-8-10-20(33-2)11-9-19)24(31)28-18-6-4-16(5-7-18)26(32)34-3/h4-13,30H,14H2,1-3H3,(H,28,31). The quantitative estimate of drug-likeness (QED) is 0.407. The van der Waals surface area contributed by atoms with Gasteiger partial charge in [-0.2, -0.15) is 0 Å². The number of amides is 1. The zero-order valence-corrected chi connectivity index (χ0v) is 19.4. The number of pyridine rings is 1. The van der Waals surface area contributed by atoms with E-state index in [9.17, 15) is 14.7 Å². The first-order chi connectivity index (χ1) is 16.9. The lowest BCUT2D eigenvalue weighted by Gasteiger charge is -2.10. The number of aromatic nitrogens is 1. The van der Waals surface area contributed by atoms with Gasteiger partial charge in [0.1, 0.15) is 11.3 Å². The summed E-state index contributed by atoms with van der Waals surface area (Å²) < 4.78 is 15.9. The molecule has 4 aromatic rings. The molecular weight excluding hydrogens is 450 g/mol. The fraction of sp³-hybridized carbons (Fsp3) is 0.154. The summed E-state index contributed by atoms with van der Waals surface area (Å²) in [7, 11) is 2.87.